The van der Waals surface area contributed by atoms with E-state index in [0.29, 0.717) is 22.4 Å². The number of hydrogen-bond acceptors (Lipinski definition) is 8. The van der Waals surface area contributed by atoms with E-state index in [1.807, 2.05) is 12.1 Å². The molecule has 32 heavy (non-hydrogen) atoms. The number of nitrogen functional groups attached to an aromatic ring is 1. The van der Waals surface area contributed by atoms with E-state index in [2.05, 4.69) is 9.97 Å². The lowest BCUT2D eigenvalue weighted by Gasteiger charge is -2.12. The van der Waals surface area contributed by atoms with Crippen LogP contribution in [0.25, 0.3) is 27.9 Å². The average molecular weight is 455 g/mol. The van der Waals surface area contributed by atoms with Crippen LogP contribution in [0.3, 0.4) is 0 Å². The van der Waals surface area contributed by atoms with Crippen LogP contribution in [0, 0.1) is 0 Å². The minimum absolute atomic E-state index is 0.0548. The molecule has 0 aliphatic heterocycles. The summed E-state index contributed by atoms with van der Waals surface area (Å²) in [7, 11) is -2.36. The molecular weight excluding hydrogens is 434 g/mol. The second-order valence-corrected chi connectivity index (χ2v) is 8.75. The van der Waals surface area contributed by atoms with E-state index in [4.69, 9.17) is 20.3 Å². The van der Waals surface area contributed by atoms with Gasteiger partial charge in [-0.25, -0.2) is 28.3 Å². The molecule has 10 nitrogen and oxygen atoms in total. The molecule has 2 aromatic carbocycles. The van der Waals surface area contributed by atoms with Crippen LogP contribution in [0.15, 0.2) is 53.4 Å². The molecule has 4 aromatic rings. The number of fused-ring (bicyclic) bond motifs is 2. The van der Waals surface area contributed by atoms with Crippen molar-refractivity contribution in [2.24, 2.45) is 5.14 Å². The van der Waals surface area contributed by atoms with E-state index in [9.17, 15) is 13.2 Å². The number of nitrogens with zero attached hydrogens (tertiary/aromatic N) is 3. The summed E-state index contributed by atoms with van der Waals surface area (Å²) in [6.07, 6.45) is -0.507. The van der Waals surface area contributed by atoms with Gasteiger partial charge in [0.25, 0.3) is 0 Å². The number of primary sulfonamides is 1. The quantitative estimate of drug-likeness (QED) is 0.419. The Morgan fingerprint density at radius 1 is 1.09 bits per heavy atom. The first-order valence-corrected chi connectivity index (χ1v) is 11.1. The van der Waals surface area contributed by atoms with Crippen molar-refractivity contribution in [2.75, 3.05) is 19.5 Å². The summed E-state index contributed by atoms with van der Waals surface area (Å²) in [5.74, 6) is -0.602. The van der Waals surface area contributed by atoms with Gasteiger partial charge in [-0.05, 0) is 43.3 Å². The highest BCUT2D eigenvalue weighted by molar-refractivity contribution is 7.89. The van der Waals surface area contributed by atoms with Gasteiger partial charge in [-0.3, -0.25) is 4.57 Å². The van der Waals surface area contributed by atoms with Crippen molar-refractivity contribution in [3.8, 4) is 5.69 Å². The van der Waals surface area contributed by atoms with Crippen LogP contribution < -0.4 is 10.9 Å². The van der Waals surface area contributed by atoms with Crippen molar-refractivity contribution >= 4 is 44.0 Å². The molecule has 4 rings (SSSR count). The Balaban J connectivity index is 1.95. The number of ether oxygens (including phenoxy) is 2. The summed E-state index contributed by atoms with van der Waals surface area (Å²) in [6, 6.07) is 12.9. The molecule has 0 saturated carbocycles. The molecule has 0 aliphatic rings. The summed E-state index contributed by atoms with van der Waals surface area (Å²) >= 11 is 0. The van der Waals surface area contributed by atoms with Crippen LogP contribution in [-0.4, -0.2) is 48.7 Å². The normalized spacial score (nSPS) is 12.8. The van der Waals surface area contributed by atoms with E-state index in [0.717, 1.165) is 0 Å². The zero-order valence-electron chi connectivity index (χ0n) is 17.3. The number of nitrogens with two attached hydrogens (primary N) is 2. The number of methoxy groups -OCH3 is 1. The number of benzene rings is 2. The number of carbonyl (C=O) groups is 1. The number of anilines is 1. The standard InChI is InChI=1S/C21H21N5O5S/c1-12(11-30-2)31-21(27)17-18-20(25-16-6-4-3-5-15(16)24-18)26(19(17)22)13-7-9-14(10-8-13)32(23,28)29/h3-10,12H,11,22H2,1-2H3,(H2,23,28,29). The highest BCUT2D eigenvalue weighted by atomic mass is 32.2. The molecule has 0 radical (unpaired) electrons. The zero-order valence-corrected chi connectivity index (χ0v) is 18.2. The van der Waals surface area contributed by atoms with Crippen molar-refractivity contribution in [3.63, 3.8) is 0 Å². The third kappa shape index (κ3) is 3.88. The van der Waals surface area contributed by atoms with Gasteiger partial charge in [-0.1, -0.05) is 12.1 Å². The Hall–Kier alpha value is -3.54. The van der Waals surface area contributed by atoms with E-state index in [1.54, 1.807) is 19.1 Å². The first kappa shape index (κ1) is 21.7. The van der Waals surface area contributed by atoms with Crippen LogP contribution >= 0.6 is 0 Å². The number of para-hydroxylation sites is 2. The predicted molar refractivity (Wildman–Crippen MR) is 119 cm³/mol. The Labute approximate surface area is 183 Å². The number of sulfonamides is 1. The van der Waals surface area contributed by atoms with Gasteiger partial charge in [0.05, 0.1) is 22.5 Å². The van der Waals surface area contributed by atoms with E-state index in [-0.39, 0.29) is 28.4 Å². The molecule has 1 unspecified atom stereocenters. The van der Waals surface area contributed by atoms with Crippen molar-refractivity contribution < 1.29 is 22.7 Å². The SMILES string of the molecule is COCC(C)OC(=O)c1c(N)n(-c2ccc(S(N)(=O)=O)cc2)c2nc3ccccc3nc12. The smallest absolute Gasteiger partial charge is 0.344 e. The van der Waals surface area contributed by atoms with Gasteiger partial charge in [0, 0.05) is 12.8 Å². The molecule has 2 heterocycles. The van der Waals surface area contributed by atoms with Crippen LogP contribution in [0.1, 0.15) is 17.3 Å². The number of aromatic nitrogens is 3. The van der Waals surface area contributed by atoms with E-state index >= 15 is 0 Å². The lowest BCUT2D eigenvalue weighted by Crippen LogP contribution is -2.20. The summed E-state index contributed by atoms with van der Waals surface area (Å²) < 4.78 is 35.2. The third-order valence-corrected chi connectivity index (χ3v) is 5.76. The second-order valence-electron chi connectivity index (χ2n) is 7.19. The molecule has 0 bridgehead atoms. The van der Waals surface area contributed by atoms with Gasteiger partial charge in [-0.2, -0.15) is 0 Å². The molecule has 0 aliphatic carbocycles. The molecule has 0 fully saturated rings. The number of hydrogen-bond donors (Lipinski definition) is 2. The Morgan fingerprint density at radius 2 is 1.72 bits per heavy atom. The molecule has 4 N–H and O–H groups in total. The zero-order chi connectivity index (χ0) is 23.0. The molecular formula is C21H21N5O5S. The fourth-order valence-corrected chi connectivity index (χ4v) is 3.93. The number of rotatable bonds is 6. The van der Waals surface area contributed by atoms with Gasteiger partial charge in [0.2, 0.25) is 10.0 Å². The van der Waals surface area contributed by atoms with Crippen molar-refractivity contribution in [2.45, 2.75) is 17.9 Å². The average Bonchev–Trinajstić information content (AvgIpc) is 3.02. The number of esters is 1. The summed E-state index contributed by atoms with van der Waals surface area (Å²) in [5, 5.41) is 5.19. The van der Waals surface area contributed by atoms with Crippen LogP contribution in [0.5, 0.6) is 0 Å². The summed E-state index contributed by atoms with van der Waals surface area (Å²) in [5.41, 5.74) is 8.73. The fraction of sp³-hybridized carbons (Fsp3) is 0.190. The second kappa shape index (κ2) is 8.19. The van der Waals surface area contributed by atoms with Crippen molar-refractivity contribution in [1.82, 2.24) is 14.5 Å². The van der Waals surface area contributed by atoms with Gasteiger partial charge < -0.3 is 15.2 Å². The topological polar surface area (TPSA) is 152 Å². The molecule has 0 spiro atoms. The molecule has 0 saturated heterocycles. The van der Waals surface area contributed by atoms with Gasteiger partial charge in [0.15, 0.2) is 5.65 Å². The predicted octanol–water partition coefficient (Wildman–Crippen LogP) is 2.00. The highest BCUT2D eigenvalue weighted by Crippen LogP contribution is 2.32. The van der Waals surface area contributed by atoms with Crippen LogP contribution in [-0.2, 0) is 19.5 Å². The van der Waals surface area contributed by atoms with E-state index in [1.165, 1.54) is 35.9 Å². The monoisotopic (exact) mass is 455 g/mol. The van der Waals surface area contributed by atoms with Crippen LogP contribution in [0.4, 0.5) is 5.82 Å². The molecule has 1 atom stereocenters. The van der Waals surface area contributed by atoms with Gasteiger partial charge in [0.1, 0.15) is 23.0 Å². The summed E-state index contributed by atoms with van der Waals surface area (Å²) in [6.45, 7) is 1.91. The molecule has 2 aromatic heterocycles. The maximum Gasteiger partial charge on any atom is 0.344 e. The first-order valence-electron chi connectivity index (χ1n) is 9.60. The minimum Gasteiger partial charge on any atom is -0.456 e. The Morgan fingerprint density at radius 3 is 2.31 bits per heavy atom. The summed E-state index contributed by atoms with van der Waals surface area (Å²) in [4.78, 5) is 22.2. The van der Waals surface area contributed by atoms with Crippen molar-refractivity contribution in [3.05, 3.63) is 54.1 Å². The fourth-order valence-electron chi connectivity index (χ4n) is 3.42. The first-order chi connectivity index (χ1) is 15.2. The maximum absolute atomic E-state index is 13.0. The lowest BCUT2D eigenvalue weighted by atomic mass is 10.2. The molecule has 0 amide bonds. The largest absolute Gasteiger partial charge is 0.456 e. The van der Waals surface area contributed by atoms with Crippen molar-refractivity contribution in [1.29, 1.82) is 0 Å². The van der Waals surface area contributed by atoms with Crippen LogP contribution in [0.2, 0.25) is 0 Å². The van der Waals surface area contributed by atoms with Gasteiger partial charge >= 0.3 is 5.97 Å². The molecule has 166 valence electrons. The van der Waals surface area contributed by atoms with E-state index < -0.39 is 22.1 Å². The molecule has 11 heteroatoms. The Bertz CT molecular complexity index is 1430. The lowest BCUT2D eigenvalue weighted by molar-refractivity contribution is 0.0123. The third-order valence-electron chi connectivity index (χ3n) is 4.83. The van der Waals surface area contributed by atoms with Gasteiger partial charge in [-0.15, -0.1) is 0 Å². The highest BCUT2D eigenvalue weighted by Gasteiger charge is 2.27. The Kier molecular flexibility index (Phi) is 5.55. The maximum atomic E-state index is 13.0. The number of carbonyl (C=O) groups excluding carboxylic acids is 1. The minimum atomic E-state index is -3.86.